The van der Waals surface area contributed by atoms with Gasteiger partial charge in [0.25, 0.3) is 0 Å². The Morgan fingerprint density at radius 2 is 1.90 bits per heavy atom. The molecule has 0 aromatic heterocycles. The predicted octanol–water partition coefficient (Wildman–Crippen LogP) is 6.04. The predicted molar refractivity (Wildman–Crippen MR) is 91.7 cm³/mol. The zero-order chi connectivity index (χ0) is 15.9. The van der Waals surface area contributed by atoms with E-state index in [4.69, 9.17) is 5.26 Å². The zero-order valence-corrected chi connectivity index (χ0v) is 14.0. The van der Waals surface area contributed by atoms with Gasteiger partial charge in [-0.1, -0.05) is 55.4 Å². The molecule has 0 bridgehead atoms. The van der Waals surface area contributed by atoms with Crippen LogP contribution >= 0.6 is 0 Å². The number of nitriles is 1. The molecule has 0 unspecified atom stereocenters. The summed E-state index contributed by atoms with van der Waals surface area (Å²) in [5, 5.41) is 8.56. The van der Waals surface area contributed by atoms with E-state index in [1.165, 1.54) is 36.0 Å². The van der Waals surface area contributed by atoms with Gasteiger partial charge in [-0.25, -0.2) is 0 Å². The highest BCUT2D eigenvalue weighted by molar-refractivity contribution is 5.37. The molecule has 1 aliphatic carbocycles. The Labute approximate surface area is 130 Å². The van der Waals surface area contributed by atoms with E-state index in [1.807, 2.05) is 25.1 Å². The molecule has 0 amide bonds. The van der Waals surface area contributed by atoms with Gasteiger partial charge in [0.1, 0.15) is 0 Å². The summed E-state index contributed by atoms with van der Waals surface area (Å²) in [7, 11) is 0. The number of allylic oxidation sites excluding steroid dienone is 10. The lowest BCUT2D eigenvalue weighted by Crippen LogP contribution is -2.19. The first-order valence-electron chi connectivity index (χ1n) is 7.66. The fourth-order valence-corrected chi connectivity index (χ4v) is 2.78. The topological polar surface area (TPSA) is 23.8 Å². The summed E-state index contributed by atoms with van der Waals surface area (Å²) in [5.41, 5.74) is 5.50. The number of nitrogens with zero attached hydrogens (tertiary/aromatic N) is 1. The molecule has 0 N–H and O–H groups in total. The van der Waals surface area contributed by atoms with Gasteiger partial charge in [-0.2, -0.15) is 5.26 Å². The van der Waals surface area contributed by atoms with Crippen LogP contribution in [0.2, 0.25) is 0 Å². The molecule has 0 saturated carbocycles. The highest BCUT2D eigenvalue weighted by Crippen LogP contribution is 2.40. The second kappa shape index (κ2) is 7.84. The summed E-state index contributed by atoms with van der Waals surface area (Å²) in [6.45, 7) is 11.0. The van der Waals surface area contributed by atoms with E-state index in [-0.39, 0.29) is 0 Å². The SMILES string of the molecule is CC1=C(/C=C/C(C)=C\C=C/C(C)=C/C#N)C(C)(C)CCC1. The van der Waals surface area contributed by atoms with E-state index >= 15 is 0 Å². The van der Waals surface area contributed by atoms with Crippen molar-refractivity contribution in [2.24, 2.45) is 5.41 Å². The molecule has 1 heteroatoms. The molecule has 1 aliphatic rings. The van der Waals surface area contributed by atoms with Crippen LogP contribution < -0.4 is 0 Å². The Morgan fingerprint density at radius 1 is 1.19 bits per heavy atom. The number of rotatable bonds is 4. The molecule has 0 aliphatic heterocycles. The van der Waals surface area contributed by atoms with Crippen LogP contribution in [0, 0.1) is 16.7 Å². The molecule has 0 aromatic carbocycles. The largest absolute Gasteiger partial charge is 0.193 e. The molecular weight excluding hydrogens is 254 g/mol. The van der Waals surface area contributed by atoms with Crippen LogP contribution in [0.1, 0.15) is 53.9 Å². The first-order chi connectivity index (χ1) is 9.86. The quantitative estimate of drug-likeness (QED) is 0.455. The summed E-state index contributed by atoms with van der Waals surface area (Å²) in [6.07, 6.45) is 15.9. The van der Waals surface area contributed by atoms with Crippen LogP contribution in [-0.4, -0.2) is 0 Å². The molecule has 0 radical (unpaired) electrons. The van der Waals surface area contributed by atoms with E-state index in [0.29, 0.717) is 5.41 Å². The van der Waals surface area contributed by atoms with Crippen molar-refractivity contribution in [3.63, 3.8) is 0 Å². The maximum Gasteiger partial charge on any atom is 0.0914 e. The average Bonchev–Trinajstić information content (AvgIpc) is 2.37. The summed E-state index contributed by atoms with van der Waals surface area (Å²) >= 11 is 0. The van der Waals surface area contributed by atoms with Crippen molar-refractivity contribution in [3.8, 4) is 6.07 Å². The van der Waals surface area contributed by atoms with Gasteiger partial charge >= 0.3 is 0 Å². The van der Waals surface area contributed by atoms with Crippen LogP contribution in [0.25, 0.3) is 0 Å². The molecular formula is C20H27N. The Hall–Kier alpha value is -1.81. The smallest absolute Gasteiger partial charge is 0.0914 e. The maximum absolute atomic E-state index is 8.56. The fraction of sp³-hybridized carbons (Fsp3) is 0.450. The zero-order valence-electron chi connectivity index (χ0n) is 14.0. The maximum atomic E-state index is 8.56. The van der Waals surface area contributed by atoms with E-state index in [0.717, 1.165) is 5.57 Å². The normalized spacial score (nSPS) is 20.4. The van der Waals surface area contributed by atoms with Crippen molar-refractivity contribution in [1.82, 2.24) is 0 Å². The van der Waals surface area contributed by atoms with Crippen molar-refractivity contribution in [2.75, 3.05) is 0 Å². The summed E-state index contributed by atoms with van der Waals surface area (Å²) < 4.78 is 0. The van der Waals surface area contributed by atoms with Gasteiger partial charge < -0.3 is 0 Å². The van der Waals surface area contributed by atoms with E-state index in [2.05, 4.69) is 45.9 Å². The third-order valence-corrected chi connectivity index (χ3v) is 4.07. The average molecular weight is 281 g/mol. The standard InChI is InChI=1S/C20H27N/c1-16(8-6-9-17(2)13-15-21)11-12-19-18(3)10-7-14-20(19,4)5/h6,8-9,11-13H,7,10,14H2,1-5H3/b9-6-,12-11+,16-8-,17-13+. The van der Waals surface area contributed by atoms with Gasteiger partial charge in [-0.15, -0.1) is 0 Å². The Morgan fingerprint density at radius 3 is 2.52 bits per heavy atom. The second-order valence-corrected chi connectivity index (χ2v) is 6.55. The second-order valence-electron chi connectivity index (χ2n) is 6.55. The molecule has 0 atom stereocenters. The first kappa shape index (κ1) is 17.2. The molecule has 0 spiro atoms. The Bertz CT molecular complexity index is 557. The molecule has 1 rings (SSSR count). The van der Waals surface area contributed by atoms with Gasteiger partial charge in [0.05, 0.1) is 6.07 Å². The highest BCUT2D eigenvalue weighted by Gasteiger charge is 2.26. The Kier molecular flexibility index (Phi) is 6.43. The minimum Gasteiger partial charge on any atom is -0.193 e. The van der Waals surface area contributed by atoms with Crippen molar-refractivity contribution in [2.45, 2.75) is 53.9 Å². The summed E-state index contributed by atoms with van der Waals surface area (Å²) in [4.78, 5) is 0. The van der Waals surface area contributed by atoms with Crippen molar-refractivity contribution >= 4 is 0 Å². The number of hydrogen-bond donors (Lipinski definition) is 0. The molecule has 0 aromatic rings. The van der Waals surface area contributed by atoms with Gasteiger partial charge in [0, 0.05) is 6.08 Å². The molecule has 21 heavy (non-hydrogen) atoms. The fourth-order valence-electron chi connectivity index (χ4n) is 2.78. The highest BCUT2D eigenvalue weighted by atomic mass is 14.3. The van der Waals surface area contributed by atoms with Crippen LogP contribution in [0.3, 0.4) is 0 Å². The van der Waals surface area contributed by atoms with E-state index in [9.17, 15) is 0 Å². The molecule has 1 nitrogen and oxygen atoms in total. The van der Waals surface area contributed by atoms with E-state index < -0.39 is 0 Å². The lowest BCUT2D eigenvalue weighted by Gasteiger charge is -2.32. The Balaban J connectivity index is 2.80. The van der Waals surface area contributed by atoms with Gasteiger partial charge in [0.15, 0.2) is 0 Å². The molecule has 0 fully saturated rings. The first-order valence-corrected chi connectivity index (χ1v) is 7.66. The minimum absolute atomic E-state index is 0.293. The van der Waals surface area contributed by atoms with Gasteiger partial charge in [-0.3, -0.25) is 0 Å². The van der Waals surface area contributed by atoms with Crippen molar-refractivity contribution in [3.05, 3.63) is 58.7 Å². The lowest BCUT2D eigenvalue weighted by molar-refractivity contribution is 0.377. The lowest BCUT2D eigenvalue weighted by atomic mass is 9.72. The third-order valence-electron chi connectivity index (χ3n) is 4.07. The van der Waals surface area contributed by atoms with Crippen LogP contribution in [-0.2, 0) is 0 Å². The third kappa shape index (κ3) is 5.60. The molecule has 112 valence electrons. The number of hydrogen-bond acceptors (Lipinski definition) is 1. The van der Waals surface area contributed by atoms with Crippen LogP contribution in [0.4, 0.5) is 0 Å². The summed E-state index contributed by atoms with van der Waals surface area (Å²) in [5.74, 6) is 0. The van der Waals surface area contributed by atoms with Gasteiger partial charge in [0.2, 0.25) is 0 Å². The van der Waals surface area contributed by atoms with Gasteiger partial charge in [-0.05, 0) is 56.6 Å². The van der Waals surface area contributed by atoms with E-state index in [1.54, 1.807) is 6.08 Å². The summed E-state index contributed by atoms with van der Waals surface area (Å²) in [6, 6.07) is 2.03. The van der Waals surface area contributed by atoms with Crippen LogP contribution in [0.5, 0.6) is 0 Å². The minimum atomic E-state index is 0.293. The van der Waals surface area contributed by atoms with Crippen molar-refractivity contribution in [1.29, 1.82) is 5.26 Å². The molecule has 0 saturated heterocycles. The van der Waals surface area contributed by atoms with Crippen LogP contribution in [0.15, 0.2) is 58.7 Å². The monoisotopic (exact) mass is 281 g/mol. The van der Waals surface area contributed by atoms with Crippen molar-refractivity contribution < 1.29 is 0 Å². The molecule has 0 heterocycles.